The van der Waals surface area contributed by atoms with Gasteiger partial charge in [-0.2, -0.15) is 0 Å². The van der Waals surface area contributed by atoms with Gasteiger partial charge in [0.15, 0.2) is 0 Å². The zero-order valence-electron chi connectivity index (χ0n) is 9.06. The number of para-hydroxylation sites is 1. The first-order valence-corrected chi connectivity index (χ1v) is 7.72. The number of nitrogens with zero attached hydrogens (tertiary/aromatic N) is 1. The fourth-order valence-corrected chi connectivity index (χ4v) is 3.22. The van der Waals surface area contributed by atoms with Crippen molar-refractivity contribution in [3.8, 4) is 10.6 Å². The normalized spacial score (nSPS) is 10.9. The van der Waals surface area contributed by atoms with Crippen LogP contribution in [0.2, 0.25) is 0 Å². The van der Waals surface area contributed by atoms with E-state index in [0.29, 0.717) is 0 Å². The van der Waals surface area contributed by atoms with Crippen LogP contribution in [0.4, 0.5) is 0 Å². The highest BCUT2D eigenvalue weighted by atomic mass is 127. The maximum Gasteiger partial charge on any atom is 0.124 e. The minimum Gasteiger partial charge on any atom is -0.236 e. The van der Waals surface area contributed by atoms with Crippen molar-refractivity contribution in [2.75, 3.05) is 0 Å². The van der Waals surface area contributed by atoms with E-state index in [4.69, 9.17) is 0 Å². The number of rotatable bonds is 2. The van der Waals surface area contributed by atoms with Crippen LogP contribution in [0.3, 0.4) is 0 Å². The Hall–Kier alpha value is -0.940. The molecule has 0 amide bonds. The molecule has 17 heavy (non-hydrogen) atoms. The van der Waals surface area contributed by atoms with Crippen LogP contribution in [-0.4, -0.2) is 4.98 Å². The molecule has 0 saturated heterocycles. The number of alkyl halides is 1. The summed E-state index contributed by atoms with van der Waals surface area (Å²) in [6.07, 6.45) is 0. The number of hydrogen-bond donors (Lipinski definition) is 0. The van der Waals surface area contributed by atoms with Gasteiger partial charge in [-0.05, 0) is 23.8 Å². The third-order valence-corrected chi connectivity index (χ3v) is 4.59. The highest BCUT2D eigenvalue weighted by molar-refractivity contribution is 14.1. The molecule has 1 aromatic heterocycles. The van der Waals surface area contributed by atoms with Gasteiger partial charge in [0.1, 0.15) is 5.01 Å². The monoisotopic (exact) mass is 351 g/mol. The molecular weight excluding hydrogens is 341 g/mol. The first-order valence-electron chi connectivity index (χ1n) is 5.37. The average Bonchev–Trinajstić information content (AvgIpc) is 2.82. The topological polar surface area (TPSA) is 12.9 Å². The summed E-state index contributed by atoms with van der Waals surface area (Å²) in [5.41, 5.74) is 3.66. The van der Waals surface area contributed by atoms with Crippen LogP contribution in [-0.2, 0) is 4.43 Å². The minimum absolute atomic E-state index is 1.04. The summed E-state index contributed by atoms with van der Waals surface area (Å²) in [7, 11) is 0. The van der Waals surface area contributed by atoms with Crippen LogP contribution in [0.5, 0.6) is 0 Å². The Kier molecular flexibility index (Phi) is 3.11. The lowest BCUT2D eigenvalue weighted by atomic mass is 10.1. The van der Waals surface area contributed by atoms with Crippen LogP contribution in [0, 0.1) is 0 Å². The van der Waals surface area contributed by atoms with Gasteiger partial charge < -0.3 is 0 Å². The summed E-state index contributed by atoms with van der Waals surface area (Å²) in [4.78, 5) is 4.67. The summed E-state index contributed by atoms with van der Waals surface area (Å²) in [5, 5.41) is 1.11. The molecular formula is C14H10INS. The summed E-state index contributed by atoms with van der Waals surface area (Å²) in [6.45, 7) is 0. The number of halogens is 1. The van der Waals surface area contributed by atoms with Crippen molar-refractivity contribution in [2.24, 2.45) is 0 Å². The van der Waals surface area contributed by atoms with Gasteiger partial charge in [-0.1, -0.05) is 52.9 Å². The lowest BCUT2D eigenvalue weighted by Crippen LogP contribution is -1.80. The molecule has 84 valence electrons. The molecule has 0 aliphatic carbocycles. The molecule has 0 saturated carbocycles. The zero-order chi connectivity index (χ0) is 11.7. The third kappa shape index (κ3) is 2.21. The number of hydrogen-bond acceptors (Lipinski definition) is 2. The molecule has 0 unspecified atom stereocenters. The quantitative estimate of drug-likeness (QED) is 0.473. The van der Waals surface area contributed by atoms with Gasteiger partial charge >= 0.3 is 0 Å². The summed E-state index contributed by atoms with van der Waals surface area (Å²) >= 11 is 4.14. The van der Waals surface area contributed by atoms with Gasteiger partial charge in [0.25, 0.3) is 0 Å². The lowest BCUT2D eigenvalue weighted by molar-refractivity contribution is 1.42. The second kappa shape index (κ2) is 4.74. The molecule has 3 rings (SSSR count). The Balaban J connectivity index is 2.13. The van der Waals surface area contributed by atoms with E-state index >= 15 is 0 Å². The smallest absolute Gasteiger partial charge is 0.124 e. The number of fused-ring (bicyclic) bond motifs is 1. The largest absolute Gasteiger partial charge is 0.236 e. The van der Waals surface area contributed by atoms with Crippen molar-refractivity contribution in [3.05, 3.63) is 54.1 Å². The molecule has 0 bridgehead atoms. The Bertz CT molecular complexity index is 627. The van der Waals surface area contributed by atoms with E-state index in [-0.39, 0.29) is 0 Å². The highest BCUT2D eigenvalue weighted by Crippen LogP contribution is 2.30. The number of aromatic nitrogens is 1. The maximum absolute atomic E-state index is 4.67. The van der Waals surface area contributed by atoms with Gasteiger partial charge in [-0.25, -0.2) is 4.98 Å². The molecule has 3 heteroatoms. The summed E-state index contributed by atoms with van der Waals surface area (Å²) in [6, 6.07) is 16.9. The molecule has 0 fully saturated rings. The summed E-state index contributed by atoms with van der Waals surface area (Å²) in [5.74, 6) is 0. The maximum atomic E-state index is 4.67. The standard InChI is InChI=1S/C14H10INS/c15-9-10-4-3-5-11(8-10)14-16-12-6-1-2-7-13(12)17-14/h1-8H,9H2. The molecule has 0 atom stereocenters. The molecule has 0 spiro atoms. The Morgan fingerprint density at radius 1 is 1.06 bits per heavy atom. The zero-order valence-corrected chi connectivity index (χ0v) is 12.0. The SMILES string of the molecule is ICc1cccc(-c2nc3ccccc3s2)c1. The van der Waals surface area contributed by atoms with E-state index in [0.717, 1.165) is 15.0 Å². The molecule has 1 nitrogen and oxygen atoms in total. The van der Waals surface area contributed by atoms with Gasteiger partial charge in [0.05, 0.1) is 10.2 Å². The minimum atomic E-state index is 1.04. The second-order valence-electron chi connectivity index (χ2n) is 3.82. The fourth-order valence-electron chi connectivity index (χ4n) is 1.78. The Labute approximate surface area is 118 Å². The van der Waals surface area contributed by atoms with E-state index in [1.165, 1.54) is 15.8 Å². The van der Waals surface area contributed by atoms with E-state index in [2.05, 4.69) is 70.0 Å². The van der Waals surface area contributed by atoms with E-state index < -0.39 is 0 Å². The van der Waals surface area contributed by atoms with Gasteiger partial charge in [0.2, 0.25) is 0 Å². The van der Waals surface area contributed by atoms with E-state index in [1.54, 1.807) is 11.3 Å². The third-order valence-electron chi connectivity index (χ3n) is 2.62. The van der Waals surface area contributed by atoms with Crippen LogP contribution in [0.1, 0.15) is 5.56 Å². The molecule has 0 radical (unpaired) electrons. The van der Waals surface area contributed by atoms with Crippen molar-refractivity contribution in [3.63, 3.8) is 0 Å². The molecule has 0 N–H and O–H groups in total. The van der Waals surface area contributed by atoms with Crippen molar-refractivity contribution < 1.29 is 0 Å². The first kappa shape index (κ1) is 11.2. The molecule has 3 aromatic rings. The summed E-state index contributed by atoms with van der Waals surface area (Å²) < 4.78 is 2.29. The van der Waals surface area contributed by atoms with Gasteiger partial charge in [-0.15, -0.1) is 11.3 Å². The van der Waals surface area contributed by atoms with E-state index in [1.807, 2.05) is 6.07 Å². The lowest BCUT2D eigenvalue weighted by Gasteiger charge is -1.98. The van der Waals surface area contributed by atoms with Crippen molar-refractivity contribution in [1.29, 1.82) is 0 Å². The second-order valence-corrected chi connectivity index (χ2v) is 5.61. The molecule has 1 heterocycles. The van der Waals surface area contributed by atoms with Crippen molar-refractivity contribution in [1.82, 2.24) is 4.98 Å². The highest BCUT2D eigenvalue weighted by Gasteiger charge is 2.05. The van der Waals surface area contributed by atoms with Crippen molar-refractivity contribution >= 4 is 44.1 Å². The van der Waals surface area contributed by atoms with Gasteiger partial charge in [-0.3, -0.25) is 0 Å². The predicted molar refractivity (Wildman–Crippen MR) is 82.8 cm³/mol. The molecule has 2 aromatic carbocycles. The average molecular weight is 351 g/mol. The van der Waals surface area contributed by atoms with Crippen molar-refractivity contribution in [2.45, 2.75) is 4.43 Å². The number of thiazole rings is 1. The number of benzene rings is 2. The van der Waals surface area contributed by atoms with Crippen LogP contribution >= 0.6 is 33.9 Å². The Morgan fingerprint density at radius 3 is 2.76 bits per heavy atom. The predicted octanol–water partition coefficient (Wildman–Crippen LogP) is 4.90. The van der Waals surface area contributed by atoms with E-state index in [9.17, 15) is 0 Å². The molecule has 0 aliphatic rings. The van der Waals surface area contributed by atoms with Crippen LogP contribution in [0.25, 0.3) is 20.8 Å². The first-order chi connectivity index (χ1) is 8.36. The van der Waals surface area contributed by atoms with Crippen LogP contribution in [0.15, 0.2) is 48.5 Å². The van der Waals surface area contributed by atoms with Crippen LogP contribution < -0.4 is 0 Å². The van der Waals surface area contributed by atoms with Gasteiger partial charge in [0, 0.05) is 9.99 Å². The fraction of sp³-hybridized carbons (Fsp3) is 0.0714. The molecule has 0 aliphatic heterocycles. The Morgan fingerprint density at radius 2 is 1.94 bits per heavy atom.